The molecule has 2 rings (SSSR count). The lowest BCUT2D eigenvalue weighted by Crippen LogP contribution is -2.25. The molecule has 3 heteroatoms. The Balaban J connectivity index is 2.15. The van der Waals surface area contributed by atoms with Crippen LogP contribution in [0, 0.1) is 11.7 Å². The molecule has 0 saturated carbocycles. The van der Waals surface area contributed by atoms with E-state index in [0.29, 0.717) is 5.88 Å². The van der Waals surface area contributed by atoms with Crippen molar-refractivity contribution in [2.24, 2.45) is 5.92 Å². The number of hydrogen-bond acceptors (Lipinski definition) is 1. The van der Waals surface area contributed by atoms with Gasteiger partial charge >= 0.3 is 0 Å². The largest absolute Gasteiger partial charge is 0.369 e. The molecule has 0 radical (unpaired) electrons. The van der Waals surface area contributed by atoms with Crippen molar-refractivity contribution in [2.75, 3.05) is 18.0 Å². The summed E-state index contributed by atoms with van der Waals surface area (Å²) in [5.41, 5.74) is 1.57. The van der Waals surface area contributed by atoms with E-state index in [2.05, 4.69) is 11.8 Å². The molecule has 0 bridgehead atoms. The molecular weight excluding hydrogens is 237 g/mol. The molecule has 1 nitrogen and oxygen atoms in total. The number of hydrogen-bond donors (Lipinski definition) is 0. The van der Waals surface area contributed by atoms with E-state index in [0.717, 1.165) is 43.1 Å². The molecular formula is C14H19ClFN. The predicted molar refractivity (Wildman–Crippen MR) is 71.2 cm³/mol. The van der Waals surface area contributed by atoms with Crippen molar-refractivity contribution in [3.05, 3.63) is 29.6 Å². The van der Waals surface area contributed by atoms with E-state index >= 15 is 0 Å². The zero-order valence-electron chi connectivity index (χ0n) is 10.3. The fourth-order valence-electron chi connectivity index (χ4n) is 2.39. The Morgan fingerprint density at radius 3 is 2.88 bits per heavy atom. The zero-order valence-corrected chi connectivity index (χ0v) is 11.0. The van der Waals surface area contributed by atoms with Crippen molar-refractivity contribution in [1.82, 2.24) is 0 Å². The Morgan fingerprint density at radius 1 is 1.35 bits per heavy atom. The molecule has 0 aliphatic carbocycles. The highest BCUT2D eigenvalue weighted by atomic mass is 35.5. The van der Waals surface area contributed by atoms with Gasteiger partial charge in [-0.15, -0.1) is 11.6 Å². The van der Waals surface area contributed by atoms with Crippen LogP contribution in [0.1, 0.15) is 31.7 Å². The second-order valence-corrected chi connectivity index (χ2v) is 5.21. The molecule has 1 fully saturated rings. The average molecular weight is 256 g/mol. The molecule has 1 aromatic carbocycles. The van der Waals surface area contributed by atoms with Crippen molar-refractivity contribution >= 4 is 17.3 Å². The summed E-state index contributed by atoms with van der Waals surface area (Å²) in [7, 11) is 0. The molecule has 1 unspecified atom stereocenters. The Labute approximate surface area is 108 Å². The smallest absolute Gasteiger partial charge is 0.146 e. The molecule has 1 heterocycles. The summed E-state index contributed by atoms with van der Waals surface area (Å²) in [5.74, 6) is 0.983. The molecule has 17 heavy (non-hydrogen) atoms. The van der Waals surface area contributed by atoms with Crippen LogP contribution >= 0.6 is 11.6 Å². The van der Waals surface area contributed by atoms with Gasteiger partial charge in [0, 0.05) is 19.0 Å². The van der Waals surface area contributed by atoms with Crippen LogP contribution < -0.4 is 4.90 Å². The highest BCUT2D eigenvalue weighted by molar-refractivity contribution is 6.17. The van der Waals surface area contributed by atoms with Gasteiger partial charge in [0.25, 0.3) is 0 Å². The zero-order chi connectivity index (χ0) is 12.3. The second kappa shape index (κ2) is 5.72. The fraction of sp³-hybridized carbons (Fsp3) is 0.571. The molecule has 1 saturated heterocycles. The van der Waals surface area contributed by atoms with Gasteiger partial charge in [-0.3, -0.25) is 0 Å². The SMILES string of the molecule is CC1CCCN(c2ccc(CCl)cc2F)CC1. The highest BCUT2D eigenvalue weighted by Crippen LogP contribution is 2.25. The van der Waals surface area contributed by atoms with Crippen LogP contribution in [-0.4, -0.2) is 13.1 Å². The number of rotatable bonds is 2. The van der Waals surface area contributed by atoms with Gasteiger partial charge in [0.1, 0.15) is 5.82 Å². The first kappa shape index (κ1) is 12.7. The Hall–Kier alpha value is -0.760. The maximum Gasteiger partial charge on any atom is 0.146 e. The lowest BCUT2D eigenvalue weighted by molar-refractivity contribution is 0.520. The van der Waals surface area contributed by atoms with Gasteiger partial charge in [-0.1, -0.05) is 13.0 Å². The summed E-state index contributed by atoms with van der Waals surface area (Å²) in [4.78, 5) is 2.16. The van der Waals surface area contributed by atoms with E-state index < -0.39 is 0 Å². The van der Waals surface area contributed by atoms with Crippen molar-refractivity contribution < 1.29 is 4.39 Å². The minimum Gasteiger partial charge on any atom is -0.369 e. The van der Waals surface area contributed by atoms with Crippen molar-refractivity contribution in [1.29, 1.82) is 0 Å². The third kappa shape index (κ3) is 3.12. The Bertz CT molecular complexity index is 380. The highest BCUT2D eigenvalue weighted by Gasteiger charge is 2.16. The van der Waals surface area contributed by atoms with Crippen LogP contribution in [-0.2, 0) is 5.88 Å². The second-order valence-electron chi connectivity index (χ2n) is 4.94. The molecule has 1 atom stereocenters. The van der Waals surface area contributed by atoms with Crippen LogP contribution in [0.25, 0.3) is 0 Å². The molecule has 0 aromatic heterocycles. The maximum atomic E-state index is 14.0. The van der Waals surface area contributed by atoms with Gasteiger partial charge in [0.2, 0.25) is 0 Å². The summed E-state index contributed by atoms with van der Waals surface area (Å²) < 4.78 is 14.0. The third-order valence-corrected chi connectivity index (χ3v) is 3.83. The quantitative estimate of drug-likeness (QED) is 0.717. The van der Waals surface area contributed by atoms with Crippen LogP contribution in [0.5, 0.6) is 0 Å². The van der Waals surface area contributed by atoms with Gasteiger partial charge in [-0.2, -0.15) is 0 Å². The molecule has 94 valence electrons. The molecule has 0 amide bonds. The van der Waals surface area contributed by atoms with E-state index in [4.69, 9.17) is 11.6 Å². The first-order valence-corrected chi connectivity index (χ1v) is 6.83. The summed E-state index contributed by atoms with van der Waals surface area (Å²) in [6.45, 7) is 4.19. The van der Waals surface area contributed by atoms with Gasteiger partial charge in [0.05, 0.1) is 5.69 Å². The van der Waals surface area contributed by atoms with Gasteiger partial charge in [-0.25, -0.2) is 4.39 Å². The molecule has 0 spiro atoms. The lowest BCUT2D eigenvalue weighted by atomic mass is 10.0. The molecule has 1 aromatic rings. The van der Waals surface area contributed by atoms with Crippen molar-refractivity contribution in [3.63, 3.8) is 0 Å². The first-order chi connectivity index (χ1) is 8.20. The number of alkyl halides is 1. The van der Waals surface area contributed by atoms with Crippen LogP contribution in [0.15, 0.2) is 18.2 Å². The normalized spacial score (nSPS) is 21.4. The minimum absolute atomic E-state index is 0.141. The Morgan fingerprint density at radius 2 is 2.18 bits per heavy atom. The van der Waals surface area contributed by atoms with Crippen LogP contribution in [0.3, 0.4) is 0 Å². The van der Waals surface area contributed by atoms with E-state index in [1.165, 1.54) is 6.42 Å². The summed E-state index contributed by atoms with van der Waals surface area (Å²) in [5, 5.41) is 0. The van der Waals surface area contributed by atoms with Gasteiger partial charge in [0.15, 0.2) is 0 Å². The first-order valence-electron chi connectivity index (χ1n) is 6.30. The topological polar surface area (TPSA) is 3.24 Å². The lowest BCUT2D eigenvalue weighted by Gasteiger charge is -2.23. The standard InChI is InChI=1S/C14H19ClFN/c1-11-3-2-7-17(8-6-11)14-5-4-12(10-15)9-13(14)16/h4-5,9,11H,2-3,6-8,10H2,1H3. The average Bonchev–Trinajstić information content (AvgIpc) is 2.54. The van der Waals surface area contributed by atoms with Crippen LogP contribution in [0.4, 0.5) is 10.1 Å². The van der Waals surface area contributed by atoms with Gasteiger partial charge in [-0.05, 0) is 42.9 Å². The summed E-state index contributed by atoms with van der Waals surface area (Å²) >= 11 is 5.70. The monoisotopic (exact) mass is 255 g/mol. The van der Waals surface area contributed by atoms with Crippen molar-refractivity contribution in [3.8, 4) is 0 Å². The van der Waals surface area contributed by atoms with E-state index in [1.54, 1.807) is 6.07 Å². The summed E-state index contributed by atoms with van der Waals surface area (Å²) in [6.07, 6.45) is 3.55. The molecule has 1 aliphatic heterocycles. The minimum atomic E-state index is -0.141. The van der Waals surface area contributed by atoms with Gasteiger partial charge < -0.3 is 4.90 Å². The summed E-state index contributed by atoms with van der Waals surface area (Å²) in [6, 6.07) is 5.33. The fourth-order valence-corrected chi connectivity index (χ4v) is 2.56. The van der Waals surface area contributed by atoms with Crippen LogP contribution in [0.2, 0.25) is 0 Å². The van der Waals surface area contributed by atoms with E-state index in [-0.39, 0.29) is 5.82 Å². The number of benzene rings is 1. The predicted octanol–water partition coefficient (Wildman–Crippen LogP) is 4.19. The number of nitrogens with zero attached hydrogens (tertiary/aromatic N) is 1. The number of halogens is 2. The Kier molecular flexibility index (Phi) is 4.27. The molecule has 1 aliphatic rings. The van der Waals surface area contributed by atoms with Crippen molar-refractivity contribution in [2.45, 2.75) is 32.1 Å². The maximum absolute atomic E-state index is 14.0. The number of anilines is 1. The van der Waals surface area contributed by atoms with E-state index in [9.17, 15) is 4.39 Å². The third-order valence-electron chi connectivity index (χ3n) is 3.52. The molecule has 0 N–H and O–H groups in total. The van der Waals surface area contributed by atoms with E-state index in [1.807, 2.05) is 12.1 Å².